The smallest absolute Gasteiger partial charge is 0.462 e. The molecule has 0 aliphatic rings. The zero-order valence-corrected chi connectivity index (χ0v) is 63.4. The molecule has 17 nitrogen and oxygen atoms in total. The van der Waals surface area contributed by atoms with Crippen molar-refractivity contribution in [3.05, 3.63) is 0 Å². The predicted octanol–water partition coefficient (Wildman–Crippen LogP) is 22.6. The van der Waals surface area contributed by atoms with Crippen molar-refractivity contribution >= 4 is 39.5 Å². The maximum absolute atomic E-state index is 13.1. The molecule has 0 aliphatic heterocycles. The summed E-state index contributed by atoms with van der Waals surface area (Å²) < 4.78 is 68.5. The van der Waals surface area contributed by atoms with Crippen LogP contribution in [0.3, 0.4) is 0 Å². The molecule has 0 aromatic rings. The minimum Gasteiger partial charge on any atom is -0.462 e. The fraction of sp³-hybridized carbons (Fsp3) is 0.947. The van der Waals surface area contributed by atoms with E-state index < -0.39 is 97.5 Å². The number of aliphatic hydroxyl groups is 1. The maximum Gasteiger partial charge on any atom is 0.472 e. The zero-order chi connectivity index (χ0) is 69.7. The van der Waals surface area contributed by atoms with Crippen molar-refractivity contribution in [2.45, 2.75) is 425 Å². The number of esters is 4. The molecule has 0 fully saturated rings. The quantitative estimate of drug-likeness (QED) is 0.0222. The average molecular weight is 1400 g/mol. The molecule has 0 aromatic heterocycles. The lowest BCUT2D eigenvalue weighted by Gasteiger charge is -2.21. The predicted molar refractivity (Wildman–Crippen MR) is 386 cm³/mol. The molecule has 95 heavy (non-hydrogen) atoms. The minimum absolute atomic E-state index is 0.108. The van der Waals surface area contributed by atoms with E-state index in [1.54, 1.807) is 0 Å². The topological polar surface area (TPSA) is 237 Å². The molecule has 5 atom stereocenters. The average Bonchev–Trinajstić information content (AvgIpc) is 3.71. The third-order valence-corrected chi connectivity index (χ3v) is 19.8. The Morgan fingerprint density at radius 3 is 0.621 bits per heavy atom. The molecule has 0 aliphatic carbocycles. The number of phosphoric acid groups is 2. The monoisotopic (exact) mass is 1400 g/mol. The first kappa shape index (κ1) is 93.1. The number of carbonyl (C=O) groups is 4. The van der Waals surface area contributed by atoms with Crippen LogP contribution in [0.1, 0.15) is 407 Å². The second-order valence-electron chi connectivity index (χ2n) is 27.4. The number of ether oxygens (including phenoxy) is 4. The van der Waals surface area contributed by atoms with Gasteiger partial charge in [-0.1, -0.05) is 355 Å². The molecule has 0 saturated carbocycles. The normalized spacial score (nSPS) is 13.9. The highest BCUT2D eigenvalue weighted by atomic mass is 31.2. The van der Waals surface area contributed by atoms with Gasteiger partial charge in [-0.15, -0.1) is 0 Å². The third-order valence-electron chi connectivity index (χ3n) is 17.9. The molecule has 3 N–H and O–H groups in total. The summed E-state index contributed by atoms with van der Waals surface area (Å²) in [6.07, 6.45) is 61.0. The number of hydrogen-bond acceptors (Lipinski definition) is 15. The fourth-order valence-corrected chi connectivity index (χ4v) is 13.3. The molecule has 564 valence electrons. The van der Waals surface area contributed by atoms with Gasteiger partial charge in [-0.25, -0.2) is 9.13 Å². The van der Waals surface area contributed by atoms with E-state index in [2.05, 4.69) is 27.7 Å². The van der Waals surface area contributed by atoms with Crippen molar-refractivity contribution in [2.75, 3.05) is 39.6 Å². The van der Waals surface area contributed by atoms with Crippen molar-refractivity contribution in [3.63, 3.8) is 0 Å². The van der Waals surface area contributed by atoms with Gasteiger partial charge in [0.2, 0.25) is 0 Å². The summed E-state index contributed by atoms with van der Waals surface area (Å²) in [5.41, 5.74) is 0. The number of carbonyl (C=O) groups excluding carboxylic acids is 4. The van der Waals surface area contributed by atoms with Crippen LogP contribution in [0.4, 0.5) is 0 Å². The van der Waals surface area contributed by atoms with Crippen LogP contribution < -0.4 is 0 Å². The first-order valence-corrected chi connectivity index (χ1v) is 42.8. The number of unbranched alkanes of at least 4 members (excludes halogenated alkanes) is 51. The third kappa shape index (κ3) is 70.3. The lowest BCUT2D eigenvalue weighted by Crippen LogP contribution is -2.30. The van der Waals surface area contributed by atoms with Gasteiger partial charge in [0.25, 0.3) is 0 Å². The van der Waals surface area contributed by atoms with Gasteiger partial charge in [0.1, 0.15) is 19.3 Å². The molecular weight excluding hydrogens is 1250 g/mol. The van der Waals surface area contributed by atoms with E-state index in [9.17, 15) is 43.2 Å². The van der Waals surface area contributed by atoms with Gasteiger partial charge < -0.3 is 33.8 Å². The van der Waals surface area contributed by atoms with Crippen LogP contribution in [0, 0.1) is 0 Å². The standard InChI is InChI=1S/C76H148O17P2/c1-5-9-13-17-21-25-28-31-34-35-36-37-38-41-44-47-51-55-59-63-76(81)93-72(67-87-74(79)61-57-53-49-45-42-39-32-29-26-22-18-14-10-6-2)69-91-95(84,85)89-65-70(77)64-88-94(82,83)90-68-71(66-86-73(78)60-56-52-48-24-20-16-12-8-4)92-75(80)62-58-54-50-46-43-40-33-30-27-23-19-15-11-7-3/h70-72,77H,5-69H2,1-4H3,(H,82,83)(H,84,85)/t70-,71+,72+/m0/s1. The highest BCUT2D eigenvalue weighted by molar-refractivity contribution is 7.47. The van der Waals surface area contributed by atoms with Gasteiger partial charge in [0.15, 0.2) is 12.2 Å². The SMILES string of the molecule is CCCCCCCCCCCCCCCCCCCCCC(=O)O[C@H](COC(=O)CCCCCCCCCCCCCCCC)COP(=O)(O)OC[C@@H](O)COP(=O)(O)OC[C@@H](COC(=O)CCCCCCCCCC)OC(=O)CCCCCCCCCCCCCCCC. The number of aliphatic hydroxyl groups excluding tert-OH is 1. The summed E-state index contributed by atoms with van der Waals surface area (Å²) >= 11 is 0. The van der Waals surface area contributed by atoms with Crippen molar-refractivity contribution < 1.29 is 80.2 Å². The van der Waals surface area contributed by atoms with Crippen molar-refractivity contribution in [2.24, 2.45) is 0 Å². The molecule has 0 bridgehead atoms. The molecule has 0 heterocycles. The largest absolute Gasteiger partial charge is 0.472 e. The van der Waals surface area contributed by atoms with E-state index in [-0.39, 0.29) is 25.7 Å². The van der Waals surface area contributed by atoms with Gasteiger partial charge in [0.05, 0.1) is 26.4 Å². The van der Waals surface area contributed by atoms with E-state index in [1.165, 1.54) is 238 Å². The molecule has 0 saturated heterocycles. The van der Waals surface area contributed by atoms with Crippen LogP contribution in [-0.2, 0) is 65.4 Å². The maximum atomic E-state index is 13.1. The van der Waals surface area contributed by atoms with Crippen molar-refractivity contribution in [3.8, 4) is 0 Å². The van der Waals surface area contributed by atoms with Gasteiger partial charge in [-0.3, -0.25) is 37.3 Å². The molecule has 0 aromatic carbocycles. The molecule has 2 unspecified atom stereocenters. The summed E-state index contributed by atoms with van der Waals surface area (Å²) in [6.45, 7) is 4.97. The molecular formula is C76H148O17P2. The van der Waals surface area contributed by atoms with Crippen LogP contribution in [0.25, 0.3) is 0 Å². The van der Waals surface area contributed by atoms with Crippen molar-refractivity contribution in [1.82, 2.24) is 0 Å². The highest BCUT2D eigenvalue weighted by Gasteiger charge is 2.30. The van der Waals surface area contributed by atoms with Gasteiger partial charge in [-0.05, 0) is 25.7 Å². The summed E-state index contributed by atoms with van der Waals surface area (Å²) in [7, 11) is -9.90. The summed E-state index contributed by atoms with van der Waals surface area (Å²) in [5, 5.41) is 10.6. The van der Waals surface area contributed by atoms with E-state index in [4.69, 9.17) is 37.0 Å². The number of rotatable bonds is 77. The summed E-state index contributed by atoms with van der Waals surface area (Å²) in [6, 6.07) is 0. The Labute approximate surface area is 581 Å². The molecule has 0 rings (SSSR count). The Balaban J connectivity index is 5.20. The molecule has 19 heteroatoms. The Morgan fingerprint density at radius 1 is 0.253 bits per heavy atom. The fourth-order valence-electron chi connectivity index (χ4n) is 11.8. The molecule has 0 radical (unpaired) electrons. The van der Waals surface area contributed by atoms with E-state index >= 15 is 0 Å². The van der Waals surface area contributed by atoms with Gasteiger partial charge >= 0.3 is 39.5 Å². The van der Waals surface area contributed by atoms with Crippen LogP contribution >= 0.6 is 15.6 Å². The Hall–Kier alpha value is -1.94. The van der Waals surface area contributed by atoms with E-state index in [1.807, 2.05) is 0 Å². The highest BCUT2D eigenvalue weighted by Crippen LogP contribution is 2.45. The van der Waals surface area contributed by atoms with E-state index in [0.717, 1.165) is 89.9 Å². The van der Waals surface area contributed by atoms with Gasteiger partial charge in [-0.2, -0.15) is 0 Å². The van der Waals surface area contributed by atoms with Gasteiger partial charge in [0, 0.05) is 25.7 Å². The minimum atomic E-state index is -4.96. The zero-order valence-electron chi connectivity index (χ0n) is 61.6. The Bertz CT molecular complexity index is 1810. The van der Waals surface area contributed by atoms with Crippen molar-refractivity contribution in [1.29, 1.82) is 0 Å². The lowest BCUT2D eigenvalue weighted by atomic mass is 10.0. The second-order valence-corrected chi connectivity index (χ2v) is 30.3. The lowest BCUT2D eigenvalue weighted by molar-refractivity contribution is -0.161. The van der Waals surface area contributed by atoms with Crippen LogP contribution in [-0.4, -0.2) is 96.7 Å². The second kappa shape index (κ2) is 70.5. The first-order valence-electron chi connectivity index (χ1n) is 39.8. The number of hydrogen-bond donors (Lipinski definition) is 3. The van der Waals surface area contributed by atoms with Crippen LogP contribution in [0.15, 0.2) is 0 Å². The van der Waals surface area contributed by atoms with E-state index in [0.29, 0.717) is 25.7 Å². The van der Waals surface area contributed by atoms with Crippen LogP contribution in [0.2, 0.25) is 0 Å². The summed E-state index contributed by atoms with van der Waals surface area (Å²) in [4.78, 5) is 72.7. The number of phosphoric ester groups is 2. The molecule has 0 amide bonds. The Kier molecular flexibility index (Phi) is 69.1. The van der Waals surface area contributed by atoms with Crippen LogP contribution in [0.5, 0.6) is 0 Å². The summed E-state index contributed by atoms with van der Waals surface area (Å²) in [5.74, 6) is -2.11. The Morgan fingerprint density at radius 2 is 0.421 bits per heavy atom. The molecule has 0 spiro atoms. The first-order chi connectivity index (χ1) is 46.2.